The number of nitrogens with one attached hydrogen (secondary N) is 2. The zero-order chi connectivity index (χ0) is 18.8. The largest absolute Gasteiger partial charge is 0.345 e. The van der Waals surface area contributed by atoms with E-state index in [1.807, 2.05) is 32.0 Å². The van der Waals surface area contributed by atoms with Gasteiger partial charge in [0.05, 0.1) is 12.2 Å². The molecule has 1 atom stereocenters. The molecule has 2 N–H and O–H groups in total. The Labute approximate surface area is 151 Å². The third-order valence-corrected chi connectivity index (χ3v) is 4.32. The van der Waals surface area contributed by atoms with Crippen LogP contribution in [-0.2, 0) is 0 Å². The van der Waals surface area contributed by atoms with Crippen LogP contribution in [0.5, 0.6) is 0 Å². The monoisotopic (exact) mass is 351 g/mol. The zero-order valence-electron chi connectivity index (χ0n) is 15.2. The van der Waals surface area contributed by atoms with Crippen molar-refractivity contribution in [3.05, 3.63) is 75.1 Å². The minimum atomic E-state index is -0.402. The van der Waals surface area contributed by atoms with Crippen LogP contribution in [-0.4, -0.2) is 25.7 Å². The summed E-state index contributed by atoms with van der Waals surface area (Å²) in [4.78, 5) is 31.7. The predicted octanol–water partition coefficient (Wildman–Crippen LogP) is 2.37. The quantitative estimate of drug-likeness (QED) is 0.755. The molecule has 0 spiro atoms. The van der Waals surface area contributed by atoms with Crippen LogP contribution in [0.4, 0.5) is 0 Å². The third kappa shape index (κ3) is 3.28. The highest BCUT2D eigenvalue weighted by Gasteiger charge is 2.20. The van der Waals surface area contributed by atoms with E-state index in [1.165, 1.54) is 0 Å². The molecule has 0 aliphatic rings. The molecular weight excluding hydrogens is 330 g/mol. The van der Waals surface area contributed by atoms with Gasteiger partial charge < -0.3 is 10.3 Å². The summed E-state index contributed by atoms with van der Waals surface area (Å²) in [5.41, 5.74) is 2.88. The summed E-state index contributed by atoms with van der Waals surface area (Å²) >= 11 is 0. The van der Waals surface area contributed by atoms with E-state index >= 15 is 0 Å². The summed E-state index contributed by atoms with van der Waals surface area (Å²) in [6.07, 6.45) is 3.41. The number of hydrogen-bond donors (Lipinski definition) is 2. The van der Waals surface area contributed by atoms with E-state index < -0.39 is 5.91 Å². The van der Waals surface area contributed by atoms with Gasteiger partial charge in [0.15, 0.2) is 5.82 Å². The van der Waals surface area contributed by atoms with Crippen LogP contribution >= 0.6 is 0 Å². The molecule has 0 aromatic carbocycles. The van der Waals surface area contributed by atoms with Crippen LogP contribution in [0.1, 0.15) is 45.8 Å². The molecule has 26 heavy (non-hydrogen) atoms. The predicted molar refractivity (Wildman–Crippen MR) is 98.5 cm³/mol. The summed E-state index contributed by atoms with van der Waals surface area (Å²) in [5, 5.41) is 7.26. The average Bonchev–Trinajstić information content (AvgIpc) is 2.96. The van der Waals surface area contributed by atoms with Gasteiger partial charge in [0.1, 0.15) is 5.56 Å². The number of pyridine rings is 2. The van der Waals surface area contributed by atoms with Crippen LogP contribution in [0.2, 0.25) is 0 Å². The summed E-state index contributed by atoms with van der Waals surface area (Å²) in [6.45, 7) is 7.33. The number of amides is 1. The van der Waals surface area contributed by atoms with Gasteiger partial charge in [0, 0.05) is 23.1 Å². The van der Waals surface area contributed by atoms with Gasteiger partial charge in [-0.1, -0.05) is 6.07 Å². The summed E-state index contributed by atoms with van der Waals surface area (Å²) < 4.78 is 1.72. The summed E-state index contributed by atoms with van der Waals surface area (Å²) in [7, 11) is 0. The molecule has 7 heteroatoms. The first-order chi connectivity index (χ1) is 12.4. The Morgan fingerprint density at radius 2 is 2.04 bits per heavy atom. The van der Waals surface area contributed by atoms with Crippen molar-refractivity contribution in [3.63, 3.8) is 0 Å². The highest BCUT2D eigenvalue weighted by Crippen LogP contribution is 2.19. The fraction of sp³-hybridized carbons (Fsp3) is 0.263. The minimum Gasteiger partial charge on any atom is -0.345 e. The molecule has 3 aromatic rings. The number of aryl methyl sites for hydroxylation is 2. The van der Waals surface area contributed by atoms with Crippen LogP contribution < -0.4 is 10.9 Å². The van der Waals surface area contributed by atoms with Crippen LogP contribution in [0.15, 0.2) is 41.5 Å². The van der Waals surface area contributed by atoms with E-state index in [0.29, 0.717) is 11.4 Å². The third-order valence-electron chi connectivity index (χ3n) is 4.32. The molecule has 134 valence electrons. The first-order valence-electron chi connectivity index (χ1n) is 8.35. The van der Waals surface area contributed by atoms with Crippen molar-refractivity contribution < 1.29 is 4.79 Å². The lowest BCUT2D eigenvalue weighted by atomic mass is 10.1. The number of nitrogens with zero attached hydrogens (tertiary/aromatic N) is 3. The molecule has 0 bridgehead atoms. The minimum absolute atomic E-state index is 0.136. The van der Waals surface area contributed by atoms with E-state index in [0.717, 1.165) is 17.0 Å². The van der Waals surface area contributed by atoms with Crippen LogP contribution in [0.25, 0.3) is 5.82 Å². The Kier molecular flexibility index (Phi) is 4.71. The number of aromatic nitrogens is 4. The van der Waals surface area contributed by atoms with Crippen molar-refractivity contribution in [2.75, 3.05) is 0 Å². The lowest BCUT2D eigenvalue weighted by molar-refractivity contribution is 0.0937. The van der Waals surface area contributed by atoms with Crippen molar-refractivity contribution in [1.82, 2.24) is 25.1 Å². The fourth-order valence-electron chi connectivity index (χ4n) is 3.04. The highest BCUT2D eigenvalue weighted by atomic mass is 16.2. The number of carbonyl (C=O) groups excluding carboxylic acids is 1. The molecule has 7 nitrogen and oxygen atoms in total. The molecular formula is C19H21N5O2. The topological polar surface area (TPSA) is 92.7 Å². The van der Waals surface area contributed by atoms with E-state index in [1.54, 1.807) is 37.0 Å². The maximum absolute atomic E-state index is 12.6. The van der Waals surface area contributed by atoms with Crippen molar-refractivity contribution >= 4 is 5.91 Å². The Morgan fingerprint density at radius 1 is 1.27 bits per heavy atom. The lowest BCUT2D eigenvalue weighted by Gasteiger charge is -2.15. The highest BCUT2D eigenvalue weighted by molar-refractivity contribution is 5.95. The number of carbonyl (C=O) groups is 1. The van der Waals surface area contributed by atoms with Gasteiger partial charge in [-0.3, -0.25) is 9.59 Å². The maximum Gasteiger partial charge on any atom is 0.261 e. The Balaban J connectivity index is 1.85. The van der Waals surface area contributed by atoms with Gasteiger partial charge in [-0.2, -0.15) is 5.10 Å². The smallest absolute Gasteiger partial charge is 0.261 e. The van der Waals surface area contributed by atoms with Crippen molar-refractivity contribution in [3.8, 4) is 5.82 Å². The molecule has 1 amide bonds. The van der Waals surface area contributed by atoms with Gasteiger partial charge in [-0.25, -0.2) is 9.67 Å². The number of hydrogen-bond acceptors (Lipinski definition) is 4. The normalized spacial score (nSPS) is 12.0. The second-order valence-corrected chi connectivity index (χ2v) is 6.32. The molecule has 0 fully saturated rings. The second kappa shape index (κ2) is 6.95. The summed E-state index contributed by atoms with van der Waals surface area (Å²) in [6, 6.07) is 7.07. The Morgan fingerprint density at radius 3 is 2.69 bits per heavy atom. The number of rotatable bonds is 4. The van der Waals surface area contributed by atoms with Gasteiger partial charge >= 0.3 is 0 Å². The number of aromatic amines is 1. The first-order valence-corrected chi connectivity index (χ1v) is 8.35. The fourth-order valence-corrected chi connectivity index (χ4v) is 3.04. The van der Waals surface area contributed by atoms with E-state index in [-0.39, 0.29) is 17.2 Å². The molecule has 3 rings (SSSR count). The lowest BCUT2D eigenvalue weighted by Crippen LogP contribution is -2.33. The van der Waals surface area contributed by atoms with Gasteiger partial charge in [0.25, 0.3) is 11.5 Å². The Hall–Kier alpha value is -3.22. The van der Waals surface area contributed by atoms with Crippen molar-refractivity contribution in [2.24, 2.45) is 0 Å². The second-order valence-electron chi connectivity index (χ2n) is 6.32. The molecule has 0 radical (unpaired) electrons. The molecule has 0 saturated carbocycles. The van der Waals surface area contributed by atoms with Crippen LogP contribution in [0.3, 0.4) is 0 Å². The first kappa shape index (κ1) is 17.6. The SMILES string of the molecule is Cc1cc(C)c(C(=O)NC(C)c2cnn(-c3ccccn3)c2C)c(=O)[nH]1. The molecule has 0 saturated heterocycles. The van der Waals surface area contributed by atoms with Crippen LogP contribution in [0, 0.1) is 20.8 Å². The maximum atomic E-state index is 12.6. The zero-order valence-corrected chi connectivity index (χ0v) is 15.2. The molecule has 0 aliphatic carbocycles. The average molecular weight is 351 g/mol. The molecule has 0 aliphatic heterocycles. The van der Waals surface area contributed by atoms with Gasteiger partial charge in [-0.15, -0.1) is 0 Å². The van der Waals surface area contributed by atoms with Crippen molar-refractivity contribution in [1.29, 1.82) is 0 Å². The van der Waals surface area contributed by atoms with Gasteiger partial charge in [0.2, 0.25) is 0 Å². The summed E-state index contributed by atoms with van der Waals surface area (Å²) in [5.74, 6) is 0.307. The molecule has 1 unspecified atom stereocenters. The van der Waals surface area contributed by atoms with Crippen molar-refractivity contribution in [2.45, 2.75) is 33.7 Å². The van der Waals surface area contributed by atoms with E-state index in [2.05, 4.69) is 20.4 Å². The van der Waals surface area contributed by atoms with E-state index in [9.17, 15) is 9.59 Å². The standard InChI is InChI=1S/C19H21N5O2/c1-11-9-12(2)22-18(25)17(11)19(26)23-13(3)15-10-21-24(14(15)4)16-7-5-6-8-20-16/h5-10,13H,1-4H3,(H,22,25)(H,23,26). The number of H-pyrrole nitrogens is 1. The molecule has 3 aromatic heterocycles. The van der Waals surface area contributed by atoms with E-state index in [4.69, 9.17) is 0 Å². The Bertz CT molecular complexity index is 1000. The molecule has 3 heterocycles. The van der Waals surface area contributed by atoms with Gasteiger partial charge in [-0.05, 0) is 51.5 Å².